The van der Waals surface area contributed by atoms with Crippen LogP contribution in [0.1, 0.15) is 54.6 Å². The van der Waals surface area contributed by atoms with Crippen molar-refractivity contribution in [3.05, 3.63) is 65.2 Å². The topological polar surface area (TPSA) is 57.7 Å². The SMILES string of the molecule is Cc1ccc(CCC2CCN(C(=O)c3ccc(S(=O)(=O)N(C)C(C)C)cc3)CC2)cc1. The first-order chi connectivity index (χ1) is 14.7. The maximum atomic E-state index is 12.9. The molecule has 0 aliphatic carbocycles. The summed E-state index contributed by atoms with van der Waals surface area (Å²) in [5.41, 5.74) is 3.21. The Morgan fingerprint density at radius 3 is 2.16 bits per heavy atom. The molecular weight excluding hydrogens is 408 g/mol. The first-order valence-electron chi connectivity index (χ1n) is 11.1. The highest BCUT2D eigenvalue weighted by molar-refractivity contribution is 7.89. The molecule has 6 heteroatoms. The zero-order valence-electron chi connectivity index (χ0n) is 19.0. The Hall–Kier alpha value is -2.18. The molecule has 0 saturated carbocycles. The van der Waals surface area contributed by atoms with E-state index in [4.69, 9.17) is 0 Å². The number of aryl methyl sites for hydroxylation is 2. The molecule has 3 rings (SSSR count). The van der Waals surface area contributed by atoms with Crippen LogP contribution in [0.5, 0.6) is 0 Å². The molecule has 0 atom stereocenters. The maximum absolute atomic E-state index is 12.9. The van der Waals surface area contributed by atoms with Crippen LogP contribution < -0.4 is 0 Å². The van der Waals surface area contributed by atoms with E-state index in [9.17, 15) is 13.2 Å². The Kier molecular flexibility index (Phi) is 7.55. The van der Waals surface area contributed by atoms with Gasteiger partial charge in [-0.1, -0.05) is 29.8 Å². The van der Waals surface area contributed by atoms with E-state index in [2.05, 4.69) is 31.2 Å². The number of piperidine rings is 1. The van der Waals surface area contributed by atoms with Crippen molar-refractivity contribution in [1.29, 1.82) is 0 Å². The Labute approximate surface area is 187 Å². The average Bonchev–Trinajstić information content (AvgIpc) is 2.78. The Balaban J connectivity index is 1.54. The molecule has 1 heterocycles. The van der Waals surface area contributed by atoms with Crippen molar-refractivity contribution in [2.45, 2.75) is 57.4 Å². The summed E-state index contributed by atoms with van der Waals surface area (Å²) in [7, 11) is -1.96. The van der Waals surface area contributed by atoms with Gasteiger partial charge in [0.25, 0.3) is 5.91 Å². The number of nitrogens with zero attached hydrogens (tertiary/aromatic N) is 2. The summed E-state index contributed by atoms with van der Waals surface area (Å²) in [6, 6.07) is 14.9. The molecule has 0 unspecified atom stereocenters. The zero-order valence-corrected chi connectivity index (χ0v) is 19.9. The summed E-state index contributed by atoms with van der Waals surface area (Å²) in [5.74, 6) is 0.627. The number of carbonyl (C=O) groups excluding carboxylic acids is 1. The van der Waals surface area contributed by atoms with Gasteiger partial charge < -0.3 is 4.90 Å². The molecule has 31 heavy (non-hydrogen) atoms. The van der Waals surface area contributed by atoms with E-state index >= 15 is 0 Å². The second-order valence-electron chi connectivity index (χ2n) is 8.90. The van der Waals surface area contributed by atoms with E-state index < -0.39 is 10.0 Å². The van der Waals surface area contributed by atoms with Gasteiger partial charge in [0.05, 0.1) is 4.90 Å². The number of rotatable bonds is 7. The number of hydrogen-bond donors (Lipinski definition) is 0. The molecule has 1 saturated heterocycles. The van der Waals surface area contributed by atoms with Crippen molar-refractivity contribution < 1.29 is 13.2 Å². The van der Waals surface area contributed by atoms with Gasteiger partial charge in [-0.3, -0.25) is 4.79 Å². The molecule has 0 N–H and O–H groups in total. The van der Waals surface area contributed by atoms with Gasteiger partial charge in [-0.25, -0.2) is 8.42 Å². The van der Waals surface area contributed by atoms with E-state index in [1.165, 1.54) is 27.6 Å². The number of amides is 1. The lowest BCUT2D eigenvalue weighted by Crippen LogP contribution is -2.38. The van der Waals surface area contributed by atoms with Crippen LogP contribution in [0.3, 0.4) is 0 Å². The van der Waals surface area contributed by atoms with Crippen LogP contribution in [-0.4, -0.2) is 49.7 Å². The summed E-state index contributed by atoms with van der Waals surface area (Å²) in [5, 5.41) is 0. The molecule has 1 fully saturated rings. The van der Waals surface area contributed by atoms with Crippen molar-refractivity contribution >= 4 is 15.9 Å². The fourth-order valence-corrected chi connectivity index (χ4v) is 5.31. The first kappa shape index (κ1) is 23.5. The van der Waals surface area contributed by atoms with E-state index in [0.717, 1.165) is 38.8 Å². The molecule has 5 nitrogen and oxygen atoms in total. The highest BCUT2D eigenvalue weighted by Gasteiger charge is 2.26. The predicted octanol–water partition coefficient (Wildman–Crippen LogP) is 4.51. The molecule has 2 aromatic carbocycles. The second-order valence-corrected chi connectivity index (χ2v) is 10.9. The number of likely N-dealkylation sites (tertiary alicyclic amines) is 1. The van der Waals surface area contributed by atoms with Gasteiger partial charge in [-0.2, -0.15) is 4.31 Å². The van der Waals surface area contributed by atoms with E-state index in [1.54, 1.807) is 19.2 Å². The number of sulfonamides is 1. The van der Waals surface area contributed by atoms with Crippen LogP contribution in [0.4, 0.5) is 0 Å². The van der Waals surface area contributed by atoms with Crippen LogP contribution >= 0.6 is 0 Å². The fourth-order valence-electron chi connectivity index (χ4n) is 3.95. The lowest BCUT2D eigenvalue weighted by molar-refractivity contribution is 0.0687. The maximum Gasteiger partial charge on any atom is 0.253 e. The highest BCUT2D eigenvalue weighted by Crippen LogP contribution is 2.24. The van der Waals surface area contributed by atoms with Crippen LogP contribution in [0.25, 0.3) is 0 Å². The van der Waals surface area contributed by atoms with Crippen LogP contribution in [0.15, 0.2) is 53.4 Å². The molecule has 1 aliphatic rings. The summed E-state index contributed by atoms with van der Waals surface area (Å²) >= 11 is 0. The highest BCUT2D eigenvalue weighted by atomic mass is 32.2. The molecule has 1 amide bonds. The number of carbonyl (C=O) groups is 1. The Bertz CT molecular complexity index is 974. The lowest BCUT2D eigenvalue weighted by atomic mass is 9.90. The zero-order chi connectivity index (χ0) is 22.6. The van der Waals surface area contributed by atoms with Gasteiger partial charge in [0, 0.05) is 31.7 Å². The minimum absolute atomic E-state index is 0.0156. The monoisotopic (exact) mass is 442 g/mol. The molecular formula is C25H34N2O3S. The van der Waals surface area contributed by atoms with Gasteiger partial charge in [0.2, 0.25) is 10.0 Å². The normalized spacial score (nSPS) is 15.6. The summed E-state index contributed by atoms with van der Waals surface area (Å²) in [6.07, 6.45) is 4.27. The summed E-state index contributed by atoms with van der Waals surface area (Å²) in [6.45, 7) is 7.29. The van der Waals surface area contributed by atoms with E-state index in [1.807, 2.05) is 18.7 Å². The van der Waals surface area contributed by atoms with Crippen molar-refractivity contribution in [3.8, 4) is 0 Å². The molecule has 168 valence electrons. The standard InChI is InChI=1S/C25H34N2O3S/c1-19(2)26(4)31(29,30)24-13-11-23(12-14-24)25(28)27-17-15-22(16-18-27)10-9-21-7-5-20(3)6-8-21/h5-8,11-14,19,22H,9-10,15-18H2,1-4H3. The van der Waals surface area contributed by atoms with Gasteiger partial charge >= 0.3 is 0 Å². The number of hydrogen-bond acceptors (Lipinski definition) is 3. The van der Waals surface area contributed by atoms with Gasteiger partial charge in [-0.05, 0) is 82.2 Å². The third-order valence-corrected chi connectivity index (χ3v) is 8.42. The second kappa shape index (κ2) is 9.96. The van der Waals surface area contributed by atoms with Crippen molar-refractivity contribution in [1.82, 2.24) is 9.21 Å². The van der Waals surface area contributed by atoms with Gasteiger partial charge in [0.1, 0.15) is 0 Å². The number of benzene rings is 2. The largest absolute Gasteiger partial charge is 0.339 e. The fraction of sp³-hybridized carbons (Fsp3) is 0.480. The minimum Gasteiger partial charge on any atom is -0.339 e. The predicted molar refractivity (Wildman–Crippen MR) is 125 cm³/mol. The van der Waals surface area contributed by atoms with Crippen molar-refractivity contribution in [2.24, 2.45) is 5.92 Å². The van der Waals surface area contributed by atoms with Crippen molar-refractivity contribution in [3.63, 3.8) is 0 Å². The smallest absolute Gasteiger partial charge is 0.253 e. The van der Waals surface area contributed by atoms with Crippen LogP contribution in [0, 0.1) is 12.8 Å². The van der Waals surface area contributed by atoms with Gasteiger partial charge in [-0.15, -0.1) is 0 Å². The molecule has 0 aromatic heterocycles. The van der Waals surface area contributed by atoms with Crippen molar-refractivity contribution in [2.75, 3.05) is 20.1 Å². The van der Waals surface area contributed by atoms with Gasteiger partial charge in [0.15, 0.2) is 0 Å². The molecule has 0 bridgehead atoms. The molecule has 1 aliphatic heterocycles. The summed E-state index contributed by atoms with van der Waals surface area (Å²) < 4.78 is 26.5. The third kappa shape index (κ3) is 5.74. The first-order valence-corrected chi connectivity index (χ1v) is 12.6. The minimum atomic E-state index is -3.54. The molecule has 0 radical (unpaired) electrons. The quantitative estimate of drug-likeness (QED) is 0.634. The van der Waals surface area contributed by atoms with E-state index in [0.29, 0.717) is 11.5 Å². The Morgan fingerprint density at radius 1 is 1.03 bits per heavy atom. The average molecular weight is 443 g/mol. The van der Waals surface area contributed by atoms with Crippen LogP contribution in [0.2, 0.25) is 0 Å². The third-order valence-electron chi connectivity index (χ3n) is 6.37. The van der Waals surface area contributed by atoms with Crippen LogP contribution in [-0.2, 0) is 16.4 Å². The lowest BCUT2D eigenvalue weighted by Gasteiger charge is -2.32. The summed E-state index contributed by atoms with van der Waals surface area (Å²) in [4.78, 5) is 15.0. The molecule has 2 aromatic rings. The Morgan fingerprint density at radius 2 is 1.61 bits per heavy atom. The van der Waals surface area contributed by atoms with E-state index in [-0.39, 0.29) is 16.8 Å². The molecule has 0 spiro atoms.